The zero-order valence-electron chi connectivity index (χ0n) is 21.1. The molecule has 1 saturated heterocycles. The van der Waals surface area contributed by atoms with Crippen LogP contribution in [-0.2, 0) is 9.53 Å². The third kappa shape index (κ3) is 4.42. The molecule has 2 aromatic carbocycles. The first-order chi connectivity index (χ1) is 17.5. The summed E-state index contributed by atoms with van der Waals surface area (Å²) in [5.41, 5.74) is 5.27. The lowest BCUT2D eigenvalue weighted by molar-refractivity contribution is -0.135. The fourth-order valence-corrected chi connectivity index (χ4v) is 6.39. The second-order valence-corrected chi connectivity index (χ2v) is 10.5. The van der Waals surface area contributed by atoms with Crippen molar-refractivity contribution in [3.05, 3.63) is 87.1 Å². The highest BCUT2D eigenvalue weighted by Crippen LogP contribution is 2.45. The van der Waals surface area contributed by atoms with Gasteiger partial charge in [-0.25, -0.2) is 0 Å². The summed E-state index contributed by atoms with van der Waals surface area (Å²) in [4.78, 5) is 35.1. The molecule has 6 nitrogen and oxygen atoms in total. The van der Waals surface area contributed by atoms with Crippen molar-refractivity contribution in [2.75, 3.05) is 51.3 Å². The van der Waals surface area contributed by atoms with Crippen LogP contribution in [0.3, 0.4) is 0 Å². The van der Waals surface area contributed by atoms with Gasteiger partial charge in [-0.2, -0.15) is 0 Å². The second kappa shape index (κ2) is 10.4. The molecule has 36 heavy (non-hydrogen) atoms. The number of carbonyl (C=O) groups is 2. The first-order valence-corrected chi connectivity index (χ1v) is 13.4. The fourth-order valence-electron chi connectivity index (χ4n) is 5.51. The molecule has 1 fully saturated rings. The van der Waals surface area contributed by atoms with E-state index < -0.39 is 5.92 Å². The van der Waals surface area contributed by atoms with Crippen LogP contribution in [0.25, 0.3) is 0 Å². The largest absolute Gasteiger partial charge is 0.383 e. The Balaban J connectivity index is 1.46. The Bertz CT molecular complexity index is 1230. The summed E-state index contributed by atoms with van der Waals surface area (Å²) in [6.45, 7) is 8.07. The lowest BCUT2D eigenvalue weighted by atomic mass is 9.81. The van der Waals surface area contributed by atoms with Crippen LogP contribution < -0.4 is 4.90 Å². The van der Waals surface area contributed by atoms with E-state index in [0.717, 1.165) is 23.5 Å². The monoisotopic (exact) mass is 503 g/mol. The smallest absolute Gasteiger partial charge is 0.254 e. The lowest BCUT2D eigenvalue weighted by Gasteiger charge is -2.44. The molecule has 2 aliphatic rings. The predicted molar refractivity (Wildman–Crippen MR) is 144 cm³/mol. The minimum absolute atomic E-state index is 0.0372. The summed E-state index contributed by atoms with van der Waals surface area (Å²) < 4.78 is 5.34. The number of nitrogens with zero attached hydrogens (tertiary/aromatic N) is 3. The maximum absolute atomic E-state index is 14.3. The van der Waals surface area contributed by atoms with Crippen molar-refractivity contribution in [3.63, 3.8) is 0 Å². The molecule has 1 aromatic heterocycles. The minimum atomic E-state index is -0.443. The molecule has 5 rings (SSSR count). The maximum atomic E-state index is 14.3. The normalized spacial score (nSPS) is 20.0. The van der Waals surface area contributed by atoms with Crippen molar-refractivity contribution in [2.45, 2.75) is 25.8 Å². The minimum Gasteiger partial charge on any atom is -0.383 e. The Labute approximate surface area is 217 Å². The number of piperazine rings is 1. The Morgan fingerprint density at radius 2 is 1.78 bits per heavy atom. The van der Waals surface area contributed by atoms with Crippen LogP contribution >= 0.6 is 11.3 Å². The van der Waals surface area contributed by atoms with Gasteiger partial charge in [0.2, 0.25) is 5.91 Å². The number of rotatable bonds is 6. The van der Waals surface area contributed by atoms with Crippen LogP contribution in [0.15, 0.2) is 60.0 Å². The second-order valence-electron chi connectivity index (χ2n) is 9.55. The van der Waals surface area contributed by atoms with Crippen LogP contribution in [0.4, 0.5) is 5.69 Å². The molecule has 2 atom stereocenters. The molecule has 0 N–H and O–H groups in total. The van der Waals surface area contributed by atoms with E-state index in [2.05, 4.69) is 36.9 Å². The molecule has 7 heteroatoms. The molecular formula is C29H33N3O3S. The highest BCUT2D eigenvalue weighted by Gasteiger charge is 2.46. The molecule has 2 amide bonds. The number of thiophene rings is 1. The van der Waals surface area contributed by atoms with Gasteiger partial charge in [0.05, 0.1) is 18.6 Å². The van der Waals surface area contributed by atoms with Gasteiger partial charge in [-0.3, -0.25) is 9.59 Å². The predicted octanol–water partition coefficient (Wildman–Crippen LogP) is 4.64. The van der Waals surface area contributed by atoms with E-state index in [1.807, 2.05) is 51.6 Å². The average molecular weight is 504 g/mol. The average Bonchev–Trinajstić information content (AvgIpc) is 3.44. The number of methoxy groups -OCH3 is 1. The van der Waals surface area contributed by atoms with Gasteiger partial charge in [0.1, 0.15) is 0 Å². The summed E-state index contributed by atoms with van der Waals surface area (Å²) >= 11 is 1.60. The summed E-state index contributed by atoms with van der Waals surface area (Å²) in [7, 11) is 1.64. The van der Waals surface area contributed by atoms with E-state index in [9.17, 15) is 9.59 Å². The van der Waals surface area contributed by atoms with Gasteiger partial charge in [0, 0.05) is 56.0 Å². The molecule has 0 spiro atoms. The van der Waals surface area contributed by atoms with Gasteiger partial charge in [-0.15, -0.1) is 11.3 Å². The highest BCUT2D eigenvalue weighted by molar-refractivity contribution is 7.10. The highest BCUT2D eigenvalue weighted by atomic mass is 32.1. The molecule has 0 saturated carbocycles. The quantitative estimate of drug-likeness (QED) is 0.492. The molecule has 0 unspecified atom stereocenters. The van der Waals surface area contributed by atoms with Gasteiger partial charge < -0.3 is 19.4 Å². The third-order valence-electron chi connectivity index (χ3n) is 7.58. The van der Waals surface area contributed by atoms with Gasteiger partial charge in [0.15, 0.2) is 0 Å². The summed E-state index contributed by atoms with van der Waals surface area (Å²) in [6, 6.07) is 17.7. The number of benzene rings is 2. The number of carbonyl (C=O) groups excluding carboxylic acids is 2. The van der Waals surface area contributed by atoms with Crippen molar-refractivity contribution in [2.24, 2.45) is 0 Å². The van der Waals surface area contributed by atoms with E-state index in [-0.39, 0.29) is 17.9 Å². The van der Waals surface area contributed by atoms with Crippen LogP contribution in [0.2, 0.25) is 0 Å². The molecule has 2 aliphatic heterocycles. The van der Waals surface area contributed by atoms with Gasteiger partial charge in [-0.05, 0) is 54.1 Å². The summed E-state index contributed by atoms with van der Waals surface area (Å²) in [5.74, 6) is -0.386. The number of aryl methyl sites for hydroxylation is 1. The van der Waals surface area contributed by atoms with E-state index in [1.54, 1.807) is 18.4 Å². The van der Waals surface area contributed by atoms with Gasteiger partial charge in [-0.1, -0.05) is 36.4 Å². The van der Waals surface area contributed by atoms with E-state index >= 15 is 0 Å². The zero-order valence-corrected chi connectivity index (χ0v) is 22.0. The number of amides is 2. The van der Waals surface area contributed by atoms with Gasteiger partial charge >= 0.3 is 0 Å². The molecule has 0 aliphatic carbocycles. The lowest BCUT2D eigenvalue weighted by Crippen LogP contribution is -2.53. The number of anilines is 1. The van der Waals surface area contributed by atoms with Gasteiger partial charge in [0.25, 0.3) is 5.91 Å². The Morgan fingerprint density at radius 3 is 2.50 bits per heavy atom. The van der Waals surface area contributed by atoms with Crippen LogP contribution in [0, 0.1) is 13.8 Å². The maximum Gasteiger partial charge on any atom is 0.254 e. The van der Waals surface area contributed by atoms with Crippen LogP contribution in [-0.4, -0.2) is 68.1 Å². The first-order valence-electron chi connectivity index (χ1n) is 12.5. The number of fused-ring (bicyclic) bond motifs is 1. The van der Waals surface area contributed by atoms with Crippen molar-refractivity contribution in [1.29, 1.82) is 0 Å². The number of ether oxygens (including phenoxy) is 1. The summed E-state index contributed by atoms with van der Waals surface area (Å²) in [5, 5.41) is 2.01. The van der Waals surface area contributed by atoms with E-state index in [1.165, 1.54) is 16.8 Å². The van der Waals surface area contributed by atoms with Crippen LogP contribution in [0.1, 0.15) is 43.9 Å². The topological polar surface area (TPSA) is 53.1 Å². The zero-order chi connectivity index (χ0) is 25.2. The van der Waals surface area contributed by atoms with Crippen molar-refractivity contribution in [3.8, 4) is 0 Å². The fraction of sp³-hybridized carbons (Fsp3) is 0.379. The number of hydrogen-bond donors (Lipinski definition) is 0. The molecule has 3 heterocycles. The van der Waals surface area contributed by atoms with Crippen LogP contribution in [0.5, 0.6) is 0 Å². The molecule has 188 valence electrons. The first kappa shape index (κ1) is 24.5. The van der Waals surface area contributed by atoms with Crippen molar-refractivity contribution >= 4 is 28.8 Å². The Kier molecular flexibility index (Phi) is 7.12. The molecule has 0 bridgehead atoms. The molecule has 0 radical (unpaired) electrons. The van der Waals surface area contributed by atoms with E-state index in [0.29, 0.717) is 31.8 Å². The molecule has 3 aromatic rings. The van der Waals surface area contributed by atoms with E-state index in [4.69, 9.17) is 4.74 Å². The Morgan fingerprint density at radius 1 is 1.00 bits per heavy atom. The van der Waals surface area contributed by atoms with Crippen molar-refractivity contribution in [1.82, 2.24) is 9.80 Å². The SMILES string of the molecule is COCCN1C(=O)c2ccccc2[C@H](C(=O)N2CCN(c3cccc(C)c3C)CC2)[C@@H]1c1cccs1. The molecular weight excluding hydrogens is 470 g/mol. The van der Waals surface area contributed by atoms with Crippen molar-refractivity contribution < 1.29 is 14.3 Å². The standard InChI is InChI=1S/C29H33N3O3S/c1-20-8-6-11-24(21(20)2)30-13-15-31(16-14-30)29(34)26-22-9-4-5-10-23(22)28(33)32(17-18-35-3)27(26)25-12-7-19-36-25/h4-12,19,26-27H,13-18H2,1-3H3/t26-,27-/m0/s1. The summed E-state index contributed by atoms with van der Waals surface area (Å²) in [6.07, 6.45) is 0. The third-order valence-corrected chi connectivity index (χ3v) is 8.53. The number of hydrogen-bond acceptors (Lipinski definition) is 5. The Hall–Kier alpha value is -3.16.